The van der Waals surface area contributed by atoms with E-state index in [9.17, 15) is 0 Å². The lowest BCUT2D eigenvalue weighted by Gasteiger charge is -2.05. The molecule has 0 bridgehead atoms. The molecule has 1 aromatic heterocycles. The van der Waals surface area contributed by atoms with E-state index in [0.717, 1.165) is 11.3 Å². The van der Waals surface area contributed by atoms with Crippen LogP contribution in [0.4, 0.5) is 0 Å². The predicted octanol–water partition coefficient (Wildman–Crippen LogP) is 2.96. The molecule has 0 spiro atoms. The maximum absolute atomic E-state index is 9.03. The first-order valence-corrected chi connectivity index (χ1v) is 6.38. The quantitative estimate of drug-likeness (QED) is 0.938. The molecule has 0 unspecified atom stereocenters. The van der Waals surface area contributed by atoms with Crippen molar-refractivity contribution in [2.45, 2.75) is 6.61 Å². The summed E-state index contributed by atoms with van der Waals surface area (Å²) in [5.41, 5.74) is 0.416. The van der Waals surface area contributed by atoms with Gasteiger partial charge in [0.1, 0.15) is 16.7 Å². The molecular formula is C12H9ClN2O3S. The number of hydrogen-bond donors (Lipinski definition) is 1. The van der Waals surface area contributed by atoms with Crippen LogP contribution in [-0.2, 0) is 6.61 Å². The minimum absolute atomic E-state index is 0.193. The molecule has 1 N–H and O–H groups in total. The van der Waals surface area contributed by atoms with Crippen molar-refractivity contribution in [1.29, 1.82) is 5.26 Å². The minimum atomic E-state index is -0.193. The van der Waals surface area contributed by atoms with Crippen LogP contribution in [0.25, 0.3) is 0 Å². The predicted molar refractivity (Wildman–Crippen MR) is 70.8 cm³/mol. The van der Waals surface area contributed by atoms with Gasteiger partial charge < -0.3 is 14.6 Å². The van der Waals surface area contributed by atoms with Crippen LogP contribution in [0.2, 0.25) is 5.15 Å². The van der Waals surface area contributed by atoms with Gasteiger partial charge in [0.25, 0.3) is 5.19 Å². The van der Waals surface area contributed by atoms with Crippen LogP contribution in [0.15, 0.2) is 18.2 Å². The Morgan fingerprint density at radius 1 is 1.42 bits per heavy atom. The number of rotatable bonds is 4. The third kappa shape index (κ3) is 3.15. The molecule has 0 aliphatic heterocycles. The van der Waals surface area contributed by atoms with Crippen molar-refractivity contribution in [2.75, 3.05) is 7.11 Å². The highest BCUT2D eigenvalue weighted by Gasteiger charge is 2.11. The fourth-order valence-corrected chi connectivity index (χ4v) is 2.35. The number of halogens is 1. The SMILES string of the molecule is COc1cc(C#N)cc(Oc2nc(Cl)c(CO)s2)c1. The largest absolute Gasteiger partial charge is 0.497 e. The van der Waals surface area contributed by atoms with Crippen molar-refractivity contribution in [3.8, 4) is 22.8 Å². The minimum Gasteiger partial charge on any atom is -0.497 e. The van der Waals surface area contributed by atoms with Gasteiger partial charge in [0, 0.05) is 6.07 Å². The van der Waals surface area contributed by atoms with Gasteiger partial charge in [-0.15, -0.1) is 0 Å². The molecule has 0 radical (unpaired) electrons. The van der Waals surface area contributed by atoms with Gasteiger partial charge >= 0.3 is 0 Å². The maximum atomic E-state index is 9.03. The fraction of sp³-hybridized carbons (Fsp3) is 0.167. The van der Waals surface area contributed by atoms with Crippen molar-refractivity contribution >= 4 is 22.9 Å². The lowest BCUT2D eigenvalue weighted by molar-refractivity contribution is 0.285. The van der Waals surface area contributed by atoms with Gasteiger partial charge in [0.05, 0.1) is 30.2 Å². The summed E-state index contributed by atoms with van der Waals surface area (Å²) in [5.74, 6) is 0.935. The molecule has 5 nitrogen and oxygen atoms in total. The number of ether oxygens (including phenoxy) is 2. The second-order valence-corrected chi connectivity index (χ2v) is 4.87. The van der Waals surface area contributed by atoms with Crippen LogP contribution in [0.3, 0.4) is 0 Å². The highest BCUT2D eigenvalue weighted by Crippen LogP contribution is 2.33. The van der Waals surface area contributed by atoms with Gasteiger partial charge in [0.2, 0.25) is 0 Å². The topological polar surface area (TPSA) is 75.4 Å². The molecule has 1 aromatic carbocycles. The number of aromatic nitrogens is 1. The van der Waals surface area contributed by atoms with Crippen LogP contribution in [0.5, 0.6) is 16.7 Å². The number of aliphatic hydroxyl groups excluding tert-OH is 1. The molecule has 0 saturated carbocycles. The van der Waals surface area contributed by atoms with Crippen LogP contribution in [0, 0.1) is 11.3 Å². The first-order valence-electron chi connectivity index (χ1n) is 5.19. The molecular weight excluding hydrogens is 288 g/mol. The smallest absolute Gasteiger partial charge is 0.280 e. The van der Waals surface area contributed by atoms with Gasteiger partial charge in [0.15, 0.2) is 0 Å². The second kappa shape index (κ2) is 5.89. The molecule has 2 rings (SSSR count). The van der Waals surface area contributed by atoms with Crippen molar-refractivity contribution < 1.29 is 14.6 Å². The Morgan fingerprint density at radius 2 is 2.16 bits per heavy atom. The van der Waals surface area contributed by atoms with E-state index in [1.54, 1.807) is 18.2 Å². The van der Waals surface area contributed by atoms with Crippen LogP contribution >= 0.6 is 22.9 Å². The summed E-state index contributed by atoms with van der Waals surface area (Å²) in [5, 5.41) is 18.4. The first kappa shape index (κ1) is 13.6. The first-order chi connectivity index (χ1) is 9.16. The zero-order valence-electron chi connectivity index (χ0n) is 9.88. The molecule has 1 heterocycles. The van der Waals surface area contributed by atoms with Crippen molar-refractivity contribution in [1.82, 2.24) is 4.98 Å². The van der Waals surface area contributed by atoms with Crippen LogP contribution in [0.1, 0.15) is 10.4 Å². The third-order valence-electron chi connectivity index (χ3n) is 2.22. The van der Waals surface area contributed by atoms with E-state index in [0.29, 0.717) is 27.1 Å². The number of methoxy groups -OCH3 is 1. The monoisotopic (exact) mass is 296 g/mol. The second-order valence-electron chi connectivity index (χ2n) is 3.46. The number of thiazole rings is 1. The van der Waals surface area contributed by atoms with E-state index >= 15 is 0 Å². The summed E-state index contributed by atoms with van der Waals surface area (Å²) in [6, 6.07) is 6.81. The Morgan fingerprint density at radius 3 is 2.74 bits per heavy atom. The lowest BCUT2D eigenvalue weighted by Crippen LogP contribution is -1.88. The lowest BCUT2D eigenvalue weighted by atomic mass is 10.2. The van der Waals surface area contributed by atoms with E-state index in [2.05, 4.69) is 4.98 Å². The van der Waals surface area contributed by atoms with E-state index in [-0.39, 0.29) is 11.8 Å². The fourth-order valence-electron chi connectivity index (χ4n) is 1.37. The molecule has 19 heavy (non-hydrogen) atoms. The summed E-state index contributed by atoms with van der Waals surface area (Å²) in [6.45, 7) is -0.193. The van der Waals surface area contributed by atoms with Gasteiger partial charge in [-0.3, -0.25) is 0 Å². The molecule has 0 aliphatic rings. The Labute approximate surface area is 118 Å². The Hall–Kier alpha value is -1.81. The standard InChI is InChI=1S/C12H9ClN2O3S/c1-17-8-2-7(5-14)3-9(4-8)18-12-15-11(13)10(6-16)19-12/h2-4,16H,6H2,1H3. The summed E-state index contributed by atoms with van der Waals surface area (Å²) in [7, 11) is 1.50. The Bertz CT molecular complexity index is 636. The Balaban J connectivity index is 2.29. The van der Waals surface area contributed by atoms with Gasteiger partial charge in [-0.1, -0.05) is 22.9 Å². The maximum Gasteiger partial charge on any atom is 0.280 e. The normalized spacial score (nSPS) is 10.0. The zero-order valence-corrected chi connectivity index (χ0v) is 11.5. The average Bonchev–Trinajstić information content (AvgIpc) is 2.78. The number of nitrogens with zero attached hydrogens (tertiary/aromatic N) is 2. The number of benzene rings is 1. The molecule has 98 valence electrons. The van der Waals surface area contributed by atoms with Crippen LogP contribution in [-0.4, -0.2) is 17.2 Å². The zero-order chi connectivity index (χ0) is 13.8. The summed E-state index contributed by atoms with van der Waals surface area (Å²) in [6.07, 6.45) is 0. The van der Waals surface area contributed by atoms with Crippen molar-refractivity contribution in [3.05, 3.63) is 33.8 Å². The van der Waals surface area contributed by atoms with E-state index in [1.165, 1.54) is 7.11 Å². The molecule has 0 atom stereocenters. The highest BCUT2D eigenvalue weighted by atomic mass is 35.5. The van der Waals surface area contributed by atoms with Crippen LogP contribution < -0.4 is 9.47 Å². The third-order valence-corrected chi connectivity index (χ3v) is 3.57. The number of hydrogen-bond acceptors (Lipinski definition) is 6. The molecule has 0 aliphatic carbocycles. The molecule has 0 fully saturated rings. The van der Waals surface area contributed by atoms with E-state index < -0.39 is 0 Å². The van der Waals surface area contributed by atoms with E-state index in [1.807, 2.05) is 6.07 Å². The van der Waals surface area contributed by atoms with Gasteiger partial charge in [-0.25, -0.2) is 0 Å². The van der Waals surface area contributed by atoms with Crippen molar-refractivity contribution in [2.24, 2.45) is 0 Å². The molecule has 2 aromatic rings. The number of aliphatic hydroxyl groups is 1. The van der Waals surface area contributed by atoms with Gasteiger partial charge in [-0.2, -0.15) is 10.2 Å². The van der Waals surface area contributed by atoms with E-state index in [4.69, 9.17) is 31.4 Å². The highest BCUT2D eigenvalue weighted by molar-refractivity contribution is 7.13. The van der Waals surface area contributed by atoms with Crippen molar-refractivity contribution in [3.63, 3.8) is 0 Å². The molecule has 0 amide bonds. The Kier molecular flexibility index (Phi) is 4.22. The van der Waals surface area contributed by atoms with Gasteiger partial charge in [-0.05, 0) is 12.1 Å². The summed E-state index contributed by atoms with van der Waals surface area (Å²) >= 11 is 6.95. The molecule has 0 saturated heterocycles. The summed E-state index contributed by atoms with van der Waals surface area (Å²) in [4.78, 5) is 4.49. The number of nitriles is 1. The molecule has 7 heteroatoms. The summed E-state index contributed by atoms with van der Waals surface area (Å²) < 4.78 is 10.6. The average molecular weight is 297 g/mol.